The van der Waals surface area contributed by atoms with Crippen molar-refractivity contribution >= 4 is 23.2 Å². The molecular weight excluding hydrogens is 368 g/mol. The molecule has 144 valence electrons. The average Bonchev–Trinajstić information content (AvgIpc) is 2.62. The SMILES string of the molecule is COc1c(F)c(F)c(C(=O)Nc2ccc(NC(=O)C(C)C)cc2)c(F)c1F. The van der Waals surface area contributed by atoms with Gasteiger partial charge in [0.15, 0.2) is 17.4 Å². The van der Waals surface area contributed by atoms with Gasteiger partial charge in [-0.25, -0.2) is 8.78 Å². The van der Waals surface area contributed by atoms with Gasteiger partial charge in [-0.05, 0) is 24.3 Å². The standard InChI is InChI=1S/C18H16F4N2O3/c1-8(2)17(25)23-9-4-6-10(7-5-9)24-18(26)11-12(19)14(21)16(27-3)15(22)13(11)20/h4-8H,1-3H3,(H,23,25)(H,24,26). The summed E-state index contributed by atoms with van der Waals surface area (Å²) in [6, 6.07) is 5.58. The minimum Gasteiger partial charge on any atom is -0.491 e. The van der Waals surface area contributed by atoms with Crippen molar-refractivity contribution < 1.29 is 31.9 Å². The number of carbonyl (C=O) groups is 2. The van der Waals surface area contributed by atoms with Crippen LogP contribution >= 0.6 is 0 Å². The number of rotatable bonds is 5. The van der Waals surface area contributed by atoms with E-state index in [9.17, 15) is 27.2 Å². The molecule has 0 bridgehead atoms. The van der Waals surface area contributed by atoms with E-state index in [1.807, 2.05) is 0 Å². The molecule has 0 spiro atoms. The molecule has 2 aromatic carbocycles. The third-order valence-electron chi connectivity index (χ3n) is 3.59. The monoisotopic (exact) mass is 384 g/mol. The van der Waals surface area contributed by atoms with E-state index in [2.05, 4.69) is 15.4 Å². The van der Waals surface area contributed by atoms with Crippen molar-refractivity contribution in [1.82, 2.24) is 0 Å². The summed E-state index contributed by atoms with van der Waals surface area (Å²) in [5.41, 5.74) is -0.883. The van der Waals surface area contributed by atoms with E-state index in [4.69, 9.17) is 0 Å². The molecule has 9 heteroatoms. The maximum absolute atomic E-state index is 14.0. The molecule has 0 saturated carbocycles. The lowest BCUT2D eigenvalue weighted by atomic mass is 10.1. The molecule has 0 fully saturated rings. The second-order valence-electron chi connectivity index (χ2n) is 5.84. The Morgan fingerprint density at radius 3 is 1.70 bits per heavy atom. The van der Waals surface area contributed by atoms with Crippen LogP contribution in [0.3, 0.4) is 0 Å². The van der Waals surface area contributed by atoms with Crippen LogP contribution < -0.4 is 15.4 Å². The van der Waals surface area contributed by atoms with Crippen LogP contribution in [0, 0.1) is 29.2 Å². The third-order valence-corrected chi connectivity index (χ3v) is 3.59. The zero-order valence-corrected chi connectivity index (χ0v) is 14.6. The average molecular weight is 384 g/mol. The first kappa shape index (κ1) is 20.2. The Bertz CT molecular complexity index is 854. The number of ether oxygens (including phenoxy) is 1. The summed E-state index contributed by atoms with van der Waals surface area (Å²) < 4.78 is 59.6. The fourth-order valence-corrected chi connectivity index (χ4v) is 2.11. The topological polar surface area (TPSA) is 67.4 Å². The fourth-order valence-electron chi connectivity index (χ4n) is 2.11. The maximum Gasteiger partial charge on any atom is 0.261 e. The van der Waals surface area contributed by atoms with Crippen molar-refractivity contribution in [3.63, 3.8) is 0 Å². The highest BCUT2D eigenvalue weighted by Gasteiger charge is 2.30. The van der Waals surface area contributed by atoms with Crippen LogP contribution in [-0.4, -0.2) is 18.9 Å². The van der Waals surface area contributed by atoms with Crippen molar-refractivity contribution in [3.05, 3.63) is 53.1 Å². The number of amides is 2. The van der Waals surface area contributed by atoms with Crippen LogP contribution in [0.5, 0.6) is 5.75 Å². The van der Waals surface area contributed by atoms with Gasteiger partial charge in [-0.3, -0.25) is 9.59 Å². The van der Waals surface area contributed by atoms with Gasteiger partial charge in [0, 0.05) is 17.3 Å². The lowest BCUT2D eigenvalue weighted by Gasteiger charge is -2.12. The molecule has 5 nitrogen and oxygen atoms in total. The summed E-state index contributed by atoms with van der Waals surface area (Å²) in [7, 11) is 0.833. The summed E-state index contributed by atoms with van der Waals surface area (Å²) in [6.45, 7) is 3.42. The first-order valence-corrected chi connectivity index (χ1v) is 7.79. The number of methoxy groups -OCH3 is 1. The molecule has 0 radical (unpaired) electrons. The highest BCUT2D eigenvalue weighted by molar-refractivity contribution is 6.05. The normalized spacial score (nSPS) is 10.7. The van der Waals surface area contributed by atoms with Crippen LogP contribution in [0.15, 0.2) is 24.3 Å². The third kappa shape index (κ3) is 4.18. The second-order valence-corrected chi connectivity index (χ2v) is 5.84. The van der Waals surface area contributed by atoms with Crippen molar-refractivity contribution in [2.75, 3.05) is 17.7 Å². The summed E-state index contributed by atoms with van der Waals surface area (Å²) >= 11 is 0. The molecule has 0 aliphatic heterocycles. The van der Waals surface area contributed by atoms with Gasteiger partial charge in [0.2, 0.25) is 17.5 Å². The smallest absolute Gasteiger partial charge is 0.261 e. The molecule has 2 N–H and O–H groups in total. The van der Waals surface area contributed by atoms with E-state index in [1.165, 1.54) is 24.3 Å². The Kier molecular flexibility index (Phi) is 6.04. The number of hydrogen-bond donors (Lipinski definition) is 2. The van der Waals surface area contributed by atoms with Gasteiger partial charge < -0.3 is 15.4 Å². The van der Waals surface area contributed by atoms with E-state index in [0.717, 1.165) is 7.11 Å². The molecule has 0 aliphatic carbocycles. The molecule has 0 atom stereocenters. The number of anilines is 2. The lowest BCUT2D eigenvalue weighted by Crippen LogP contribution is -2.19. The Balaban J connectivity index is 2.24. The largest absolute Gasteiger partial charge is 0.491 e. The van der Waals surface area contributed by atoms with Crippen molar-refractivity contribution in [2.24, 2.45) is 5.92 Å². The Morgan fingerprint density at radius 1 is 0.852 bits per heavy atom. The fraction of sp³-hybridized carbons (Fsp3) is 0.222. The van der Waals surface area contributed by atoms with E-state index < -0.39 is 40.5 Å². The quantitative estimate of drug-likeness (QED) is 0.603. The molecule has 0 unspecified atom stereocenters. The number of nitrogens with one attached hydrogen (secondary N) is 2. The number of benzene rings is 2. The maximum atomic E-state index is 14.0. The van der Waals surface area contributed by atoms with Crippen LogP contribution in [0.1, 0.15) is 24.2 Å². The van der Waals surface area contributed by atoms with Gasteiger partial charge in [0.05, 0.1) is 7.11 Å². The number of carbonyl (C=O) groups excluding carboxylic acids is 2. The van der Waals surface area contributed by atoms with E-state index in [-0.39, 0.29) is 17.5 Å². The van der Waals surface area contributed by atoms with E-state index >= 15 is 0 Å². The van der Waals surface area contributed by atoms with Crippen molar-refractivity contribution in [3.8, 4) is 5.75 Å². The van der Waals surface area contributed by atoms with Crippen molar-refractivity contribution in [2.45, 2.75) is 13.8 Å². The van der Waals surface area contributed by atoms with Crippen LogP contribution in [-0.2, 0) is 4.79 Å². The predicted octanol–water partition coefficient (Wildman–Crippen LogP) is 4.10. The zero-order chi connectivity index (χ0) is 20.3. The van der Waals surface area contributed by atoms with E-state index in [1.54, 1.807) is 13.8 Å². The molecular formula is C18H16F4N2O3. The highest BCUT2D eigenvalue weighted by atomic mass is 19.2. The Morgan fingerprint density at radius 2 is 1.30 bits per heavy atom. The molecule has 0 saturated heterocycles. The Hall–Kier alpha value is -3.10. The summed E-state index contributed by atoms with van der Waals surface area (Å²) in [4.78, 5) is 23.7. The van der Waals surface area contributed by atoms with Crippen LogP contribution in [0.25, 0.3) is 0 Å². The van der Waals surface area contributed by atoms with Gasteiger partial charge in [-0.2, -0.15) is 8.78 Å². The first-order chi connectivity index (χ1) is 12.7. The summed E-state index contributed by atoms with van der Waals surface area (Å²) in [6.07, 6.45) is 0. The van der Waals surface area contributed by atoms with Crippen molar-refractivity contribution in [1.29, 1.82) is 0 Å². The molecule has 0 heterocycles. The molecule has 2 rings (SSSR count). The molecule has 0 aliphatic rings. The minimum atomic E-state index is -1.87. The van der Waals surface area contributed by atoms with Gasteiger partial charge in [-0.15, -0.1) is 0 Å². The van der Waals surface area contributed by atoms with Gasteiger partial charge in [0.25, 0.3) is 5.91 Å². The Labute approximate surface area is 152 Å². The number of hydrogen-bond acceptors (Lipinski definition) is 3. The lowest BCUT2D eigenvalue weighted by molar-refractivity contribution is -0.118. The highest BCUT2D eigenvalue weighted by Crippen LogP contribution is 2.30. The zero-order valence-electron chi connectivity index (χ0n) is 14.6. The molecule has 2 aromatic rings. The molecule has 0 aromatic heterocycles. The van der Waals surface area contributed by atoms with Gasteiger partial charge in [-0.1, -0.05) is 13.8 Å². The first-order valence-electron chi connectivity index (χ1n) is 7.79. The number of halogens is 4. The minimum absolute atomic E-state index is 0.0954. The van der Waals surface area contributed by atoms with Gasteiger partial charge >= 0.3 is 0 Å². The second kappa shape index (κ2) is 8.07. The molecule has 2 amide bonds. The molecule has 27 heavy (non-hydrogen) atoms. The van der Waals surface area contributed by atoms with Crippen LogP contribution in [0.4, 0.5) is 28.9 Å². The van der Waals surface area contributed by atoms with Crippen LogP contribution in [0.2, 0.25) is 0 Å². The predicted molar refractivity (Wildman–Crippen MR) is 90.7 cm³/mol. The summed E-state index contributed by atoms with van der Waals surface area (Å²) in [5, 5.41) is 4.74. The van der Waals surface area contributed by atoms with Gasteiger partial charge in [0.1, 0.15) is 5.56 Å². The van der Waals surface area contributed by atoms with E-state index in [0.29, 0.717) is 5.69 Å². The summed E-state index contributed by atoms with van der Waals surface area (Å²) in [5.74, 6) is -10.5.